The van der Waals surface area contributed by atoms with E-state index < -0.39 is 0 Å². The van der Waals surface area contributed by atoms with Crippen molar-refractivity contribution < 1.29 is 19.0 Å². The Morgan fingerprint density at radius 1 is 1.48 bits per heavy atom. The maximum atomic E-state index is 12.1. The summed E-state index contributed by atoms with van der Waals surface area (Å²) in [6, 6.07) is 5.66. The molecule has 0 amide bonds. The van der Waals surface area contributed by atoms with Crippen LogP contribution in [0.4, 0.5) is 0 Å². The molecule has 0 radical (unpaired) electrons. The Bertz CT molecular complexity index is 592. The van der Waals surface area contributed by atoms with Crippen molar-refractivity contribution in [3.05, 3.63) is 35.4 Å². The predicted octanol–water partition coefficient (Wildman–Crippen LogP) is 3.26. The lowest BCUT2D eigenvalue weighted by Crippen LogP contribution is -2.21. The van der Waals surface area contributed by atoms with Gasteiger partial charge in [-0.1, -0.05) is 12.1 Å². The molecule has 1 aromatic rings. The SMILES string of the molecule is CCOC(=O)C1=CCN(SI)C1c1ccc2c(c1)OCO2. The van der Waals surface area contributed by atoms with Gasteiger partial charge in [-0.2, -0.15) is 0 Å². The topological polar surface area (TPSA) is 48.0 Å². The third kappa shape index (κ3) is 2.86. The van der Waals surface area contributed by atoms with Crippen LogP contribution in [-0.2, 0) is 9.53 Å². The third-order valence-corrected chi connectivity index (χ3v) is 5.44. The number of hydrogen-bond donors (Lipinski definition) is 0. The van der Waals surface area contributed by atoms with E-state index in [2.05, 4.69) is 25.5 Å². The number of nitrogens with zero attached hydrogens (tertiary/aromatic N) is 1. The number of rotatable bonds is 4. The zero-order valence-corrected chi connectivity index (χ0v) is 14.3. The van der Waals surface area contributed by atoms with Crippen LogP contribution in [0.5, 0.6) is 11.5 Å². The molecular weight excluding hydrogens is 405 g/mol. The monoisotopic (exact) mass is 419 g/mol. The molecule has 0 N–H and O–H groups in total. The van der Waals surface area contributed by atoms with Gasteiger partial charge in [0.05, 0.1) is 18.2 Å². The summed E-state index contributed by atoms with van der Waals surface area (Å²) in [6.45, 7) is 3.14. The quantitative estimate of drug-likeness (QED) is 0.424. The molecular formula is C14H14INO4S. The second-order valence-electron chi connectivity index (χ2n) is 4.56. The largest absolute Gasteiger partial charge is 0.463 e. The van der Waals surface area contributed by atoms with Crippen LogP contribution >= 0.6 is 30.3 Å². The van der Waals surface area contributed by atoms with Gasteiger partial charge in [-0.3, -0.25) is 0 Å². The van der Waals surface area contributed by atoms with Crippen molar-refractivity contribution in [3.8, 4) is 11.5 Å². The first kappa shape index (κ1) is 15.0. The summed E-state index contributed by atoms with van der Waals surface area (Å²) in [5.74, 6) is 1.21. The molecule has 112 valence electrons. The molecule has 2 aliphatic rings. The highest BCUT2D eigenvalue weighted by molar-refractivity contribution is 14.2. The van der Waals surface area contributed by atoms with Crippen LogP contribution in [-0.4, -0.2) is 30.2 Å². The van der Waals surface area contributed by atoms with Crippen LogP contribution in [0.15, 0.2) is 29.8 Å². The zero-order valence-electron chi connectivity index (χ0n) is 11.4. The molecule has 0 spiro atoms. The Morgan fingerprint density at radius 2 is 2.29 bits per heavy atom. The van der Waals surface area contributed by atoms with Crippen molar-refractivity contribution in [1.29, 1.82) is 0 Å². The van der Waals surface area contributed by atoms with Gasteiger partial charge in [0.25, 0.3) is 0 Å². The van der Waals surface area contributed by atoms with Gasteiger partial charge < -0.3 is 14.2 Å². The van der Waals surface area contributed by atoms with Crippen LogP contribution in [0.25, 0.3) is 0 Å². The van der Waals surface area contributed by atoms with Crippen molar-refractivity contribution in [3.63, 3.8) is 0 Å². The lowest BCUT2D eigenvalue weighted by molar-refractivity contribution is -0.138. The molecule has 1 atom stereocenters. The van der Waals surface area contributed by atoms with Crippen molar-refractivity contribution >= 4 is 36.3 Å². The molecule has 1 unspecified atom stereocenters. The van der Waals surface area contributed by atoms with E-state index in [9.17, 15) is 4.79 Å². The van der Waals surface area contributed by atoms with Crippen molar-refractivity contribution in [2.24, 2.45) is 0 Å². The van der Waals surface area contributed by atoms with Gasteiger partial charge in [0.2, 0.25) is 6.79 Å². The van der Waals surface area contributed by atoms with Gasteiger partial charge in [0.1, 0.15) is 0 Å². The molecule has 3 rings (SSSR count). The van der Waals surface area contributed by atoms with Crippen LogP contribution in [0.2, 0.25) is 0 Å². The molecule has 2 heterocycles. The van der Waals surface area contributed by atoms with Gasteiger partial charge in [0, 0.05) is 27.8 Å². The maximum Gasteiger partial charge on any atom is 0.335 e. The molecule has 0 fully saturated rings. The number of carbonyl (C=O) groups is 1. The highest BCUT2D eigenvalue weighted by atomic mass is 127. The molecule has 21 heavy (non-hydrogen) atoms. The second kappa shape index (κ2) is 6.45. The molecule has 0 aliphatic carbocycles. The number of halogens is 1. The number of hydrogen-bond acceptors (Lipinski definition) is 6. The average Bonchev–Trinajstić information content (AvgIpc) is 3.12. The van der Waals surface area contributed by atoms with Gasteiger partial charge >= 0.3 is 5.97 Å². The van der Waals surface area contributed by atoms with Gasteiger partial charge in [-0.15, -0.1) is 0 Å². The van der Waals surface area contributed by atoms with E-state index in [0.29, 0.717) is 18.7 Å². The van der Waals surface area contributed by atoms with E-state index >= 15 is 0 Å². The predicted molar refractivity (Wildman–Crippen MR) is 88.3 cm³/mol. The minimum Gasteiger partial charge on any atom is -0.463 e. The van der Waals surface area contributed by atoms with E-state index in [4.69, 9.17) is 14.2 Å². The third-order valence-electron chi connectivity index (χ3n) is 3.39. The first-order valence-electron chi connectivity index (χ1n) is 6.56. The summed E-state index contributed by atoms with van der Waals surface area (Å²) in [5.41, 5.74) is 1.68. The summed E-state index contributed by atoms with van der Waals surface area (Å²) in [4.78, 5) is 12.1. The van der Waals surface area contributed by atoms with Gasteiger partial charge in [0.15, 0.2) is 11.5 Å². The summed E-state index contributed by atoms with van der Waals surface area (Å²) in [6.07, 6.45) is 1.93. The fourth-order valence-electron chi connectivity index (χ4n) is 2.47. The van der Waals surface area contributed by atoms with E-state index in [1.807, 2.05) is 31.2 Å². The number of esters is 1. The van der Waals surface area contributed by atoms with Crippen molar-refractivity contribution in [2.45, 2.75) is 13.0 Å². The Hall–Kier alpha value is -0.930. The summed E-state index contributed by atoms with van der Waals surface area (Å²) in [5, 5.41) is 0. The minimum absolute atomic E-state index is 0.125. The highest BCUT2D eigenvalue weighted by Gasteiger charge is 2.34. The van der Waals surface area contributed by atoms with Crippen LogP contribution in [0, 0.1) is 0 Å². The fourth-order valence-corrected chi connectivity index (χ4v) is 4.08. The number of carbonyl (C=O) groups excluding carboxylic acids is 1. The van der Waals surface area contributed by atoms with Crippen molar-refractivity contribution in [2.75, 3.05) is 19.9 Å². The molecule has 7 heteroatoms. The van der Waals surface area contributed by atoms with Gasteiger partial charge in [-0.05, 0) is 33.7 Å². The summed E-state index contributed by atoms with van der Waals surface area (Å²) >= 11 is 2.22. The molecule has 0 saturated carbocycles. The molecule has 5 nitrogen and oxygen atoms in total. The molecule has 0 aromatic heterocycles. The maximum absolute atomic E-state index is 12.1. The molecule has 0 bridgehead atoms. The fraction of sp³-hybridized carbons (Fsp3) is 0.357. The van der Waals surface area contributed by atoms with Crippen LogP contribution in [0.3, 0.4) is 0 Å². The van der Waals surface area contributed by atoms with E-state index in [1.54, 1.807) is 9.12 Å². The number of ether oxygens (including phenoxy) is 3. The Morgan fingerprint density at radius 3 is 3.05 bits per heavy atom. The average molecular weight is 419 g/mol. The first-order chi connectivity index (χ1) is 10.2. The Labute approximate surface area is 139 Å². The number of benzene rings is 1. The standard InChI is InChI=1S/C14H14INO4S/c1-2-18-14(17)10-5-6-16(21-15)13(10)9-3-4-11-12(7-9)20-8-19-11/h3-5,7,13H,2,6,8H2,1H3. The normalized spacial score (nSPS) is 20.5. The zero-order chi connectivity index (χ0) is 14.8. The number of fused-ring (bicyclic) bond motifs is 1. The van der Waals surface area contributed by atoms with E-state index in [-0.39, 0.29) is 18.8 Å². The summed E-state index contributed by atoms with van der Waals surface area (Å²) < 4.78 is 18.0. The van der Waals surface area contributed by atoms with E-state index in [0.717, 1.165) is 17.1 Å². The highest BCUT2D eigenvalue weighted by Crippen LogP contribution is 2.43. The lowest BCUT2D eigenvalue weighted by Gasteiger charge is -2.23. The van der Waals surface area contributed by atoms with Crippen LogP contribution in [0.1, 0.15) is 18.5 Å². The minimum atomic E-state index is -0.256. The second-order valence-corrected chi connectivity index (χ2v) is 6.35. The van der Waals surface area contributed by atoms with Crippen molar-refractivity contribution in [1.82, 2.24) is 4.31 Å². The molecule has 1 aromatic carbocycles. The van der Waals surface area contributed by atoms with Gasteiger partial charge in [-0.25, -0.2) is 9.10 Å². The van der Waals surface area contributed by atoms with E-state index in [1.165, 1.54) is 0 Å². The Kier molecular flexibility index (Phi) is 4.60. The molecule has 0 saturated heterocycles. The Balaban J connectivity index is 1.92. The lowest BCUT2D eigenvalue weighted by atomic mass is 10.0. The smallest absolute Gasteiger partial charge is 0.335 e. The van der Waals surface area contributed by atoms with Crippen LogP contribution < -0.4 is 9.47 Å². The first-order valence-corrected chi connectivity index (χ1v) is 9.88. The molecule has 2 aliphatic heterocycles. The summed E-state index contributed by atoms with van der Waals surface area (Å²) in [7, 11) is 1.58.